The average Bonchev–Trinajstić information content (AvgIpc) is 3.38. The molecule has 1 atom stereocenters. The fourth-order valence-electron chi connectivity index (χ4n) is 4.40. The number of carbonyl (C=O) groups is 1. The highest BCUT2D eigenvalue weighted by Crippen LogP contribution is 2.36. The van der Waals surface area contributed by atoms with Crippen LogP contribution in [0.2, 0.25) is 0 Å². The largest absolute Gasteiger partial charge is 0.598 e. The van der Waals surface area contributed by atoms with Crippen LogP contribution < -0.4 is 14.2 Å². The highest BCUT2D eigenvalue weighted by molar-refractivity contribution is 7.90. The smallest absolute Gasteiger partial charge is 0.310 e. The van der Waals surface area contributed by atoms with Gasteiger partial charge in [-0.1, -0.05) is 6.07 Å². The Bertz CT molecular complexity index is 1570. The van der Waals surface area contributed by atoms with Crippen molar-refractivity contribution in [3.8, 4) is 22.6 Å². The van der Waals surface area contributed by atoms with Gasteiger partial charge in [0.1, 0.15) is 40.8 Å². The maximum absolute atomic E-state index is 15.9. The van der Waals surface area contributed by atoms with Crippen molar-refractivity contribution in [2.24, 2.45) is 0 Å². The van der Waals surface area contributed by atoms with Crippen molar-refractivity contribution in [3.05, 3.63) is 77.1 Å². The maximum Gasteiger partial charge on any atom is 0.310 e. The first-order valence-electron chi connectivity index (χ1n) is 13.8. The van der Waals surface area contributed by atoms with Gasteiger partial charge < -0.3 is 27.9 Å². The zero-order chi connectivity index (χ0) is 31.1. The molecule has 0 bridgehead atoms. The van der Waals surface area contributed by atoms with Crippen LogP contribution in [0.4, 0.5) is 4.39 Å². The molecule has 0 aliphatic rings. The van der Waals surface area contributed by atoms with Gasteiger partial charge >= 0.3 is 5.97 Å². The first kappa shape index (κ1) is 32.3. The predicted octanol–water partition coefficient (Wildman–Crippen LogP) is 6.03. The third-order valence-corrected chi connectivity index (χ3v) is 8.02. The molecular formula is C32H37FN2O7S. The number of furan rings is 1. The number of hydrogen-bond donors (Lipinski definition) is 1. The molecule has 1 unspecified atom stereocenters. The summed E-state index contributed by atoms with van der Waals surface area (Å²) in [6.45, 7) is 7.88. The molecule has 9 nitrogen and oxygen atoms in total. The molecule has 0 aliphatic heterocycles. The van der Waals surface area contributed by atoms with Crippen molar-refractivity contribution in [3.63, 3.8) is 0 Å². The number of benzene rings is 2. The van der Waals surface area contributed by atoms with Crippen LogP contribution in [0.3, 0.4) is 0 Å². The molecule has 4 rings (SSSR count). The Morgan fingerprint density at radius 1 is 1.09 bits per heavy atom. The van der Waals surface area contributed by atoms with Crippen LogP contribution in [0.1, 0.15) is 50.3 Å². The van der Waals surface area contributed by atoms with Gasteiger partial charge in [0.2, 0.25) is 0 Å². The number of rotatable bonds is 13. The van der Waals surface area contributed by atoms with Crippen molar-refractivity contribution < 1.29 is 37.1 Å². The molecule has 2 aromatic carbocycles. The average molecular weight is 613 g/mol. The Morgan fingerprint density at radius 3 is 2.58 bits per heavy atom. The van der Waals surface area contributed by atoms with Gasteiger partial charge in [0.05, 0.1) is 32.4 Å². The third kappa shape index (κ3) is 8.05. The summed E-state index contributed by atoms with van der Waals surface area (Å²) in [6.07, 6.45) is 1.56. The molecule has 2 aromatic heterocycles. The summed E-state index contributed by atoms with van der Waals surface area (Å²) in [5.74, 6) is 0.713. The first-order chi connectivity index (χ1) is 20.5. The van der Waals surface area contributed by atoms with Crippen LogP contribution in [-0.2, 0) is 51.8 Å². The molecule has 0 spiro atoms. The molecule has 4 aromatic rings. The Kier molecular flexibility index (Phi) is 10.7. The van der Waals surface area contributed by atoms with Gasteiger partial charge in [-0.2, -0.15) is 0 Å². The van der Waals surface area contributed by atoms with Crippen LogP contribution in [-0.4, -0.2) is 41.1 Å². The Hall–Kier alpha value is -3.64. The van der Waals surface area contributed by atoms with E-state index in [0.717, 1.165) is 10.9 Å². The summed E-state index contributed by atoms with van der Waals surface area (Å²) in [4.78, 5) is 16.4. The van der Waals surface area contributed by atoms with Gasteiger partial charge in [-0.25, -0.2) is 4.39 Å². The lowest BCUT2D eigenvalue weighted by molar-refractivity contribution is -0.142. The maximum atomic E-state index is 15.9. The summed E-state index contributed by atoms with van der Waals surface area (Å²) < 4.78 is 58.8. The van der Waals surface area contributed by atoms with Crippen LogP contribution >= 0.6 is 0 Å². The van der Waals surface area contributed by atoms with E-state index in [1.54, 1.807) is 51.5 Å². The van der Waals surface area contributed by atoms with E-state index < -0.39 is 21.9 Å². The van der Waals surface area contributed by atoms with E-state index in [4.69, 9.17) is 23.4 Å². The van der Waals surface area contributed by atoms with Gasteiger partial charge in [-0.3, -0.25) is 9.78 Å². The number of methoxy groups -OCH3 is 2. The fraction of sp³-hybridized carbons (Fsp3) is 0.375. The number of pyridine rings is 1. The SMILES string of the molecule is CCOC(=O)Cc1ccc(OC)cc1OCc1cc(-c2ccnc(CN[S+]([O-])C(C)(C)C)c2F)c2oc(COC)cc2c1. The number of nitrogens with zero attached hydrogens (tertiary/aromatic N) is 1. The molecule has 11 heteroatoms. The standard InChI is InChI=1S/C32H37FN2O7S/c1-7-40-29(36)15-21-8-9-23(39-6)16-28(21)41-18-20-12-22-14-24(19-38-5)42-31(22)26(13-20)25-10-11-34-27(30(25)33)17-35-43(37)32(2,3)4/h8-14,16,35H,7,15,17-19H2,1-6H3. The van der Waals surface area contributed by atoms with Crippen molar-refractivity contribution in [1.29, 1.82) is 0 Å². The summed E-state index contributed by atoms with van der Waals surface area (Å²) in [5, 5.41) is 0.741. The van der Waals surface area contributed by atoms with Crippen LogP contribution in [0.5, 0.6) is 11.5 Å². The lowest BCUT2D eigenvalue weighted by Gasteiger charge is -2.23. The van der Waals surface area contributed by atoms with E-state index in [0.29, 0.717) is 34.0 Å². The molecule has 0 amide bonds. The van der Waals surface area contributed by atoms with Gasteiger partial charge in [0.15, 0.2) is 5.82 Å². The highest BCUT2D eigenvalue weighted by atomic mass is 32.2. The highest BCUT2D eigenvalue weighted by Gasteiger charge is 2.27. The van der Waals surface area contributed by atoms with E-state index in [1.807, 2.05) is 32.9 Å². The molecule has 0 fully saturated rings. The summed E-state index contributed by atoms with van der Waals surface area (Å²) >= 11 is -1.40. The number of fused-ring (bicyclic) bond motifs is 1. The zero-order valence-corrected chi connectivity index (χ0v) is 26.1. The lowest BCUT2D eigenvalue weighted by atomic mass is 10.00. The van der Waals surface area contributed by atoms with E-state index >= 15 is 4.39 Å². The van der Waals surface area contributed by atoms with Crippen molar-refractivity contribution in [2.75, 3.05) is 20.8 Å². The molecule has 0 aliphatic carbocycles. The number of halogens is 1. The number of carbonyl (C=O) groups excluding carboxylic acids is 1. The van der Waals surface area contributed by atoms with Gasteiger partial charge in [0.25, 0.3) is 0 Å². The Labute approximate surface area is 254 Å². The van der Waals surface area contributed by atoms with E-state index in [-0.39, 0.29) is 50.0 Å². The van der Waals surface area contributed by atoms with E-state index in [9.17, 15) is 9.35 Å². The van der Waals surface area contributed by atoms with Crippen molar-refractivity contribution in [1.82, 2.24) is 9.71 Å². The van der Waals surface area contributed by atoms with E-state index in [2.05, 4.69) is 9.71 Å². The van der Waals surface area contributed by atoms with Gasteiger partial charge in [-0.05, 0) is 63.6 Å². The number of esters is 1. The van der Waals surface area contributed by atoms with Crippen molar-refractivity contribution >= 4 is 28.3 Å². The molecule has 0 saturated carbocycles. The fourth-order valence-corrected chi connectivity index (χ4v) is 5.11. The minimum atomic E-state index is -1.40. The lowest BCUT2D eigenvalue weighted by Crippen LogP contribution is -2.39. The molecule has 230 valence electrons. The number of nitrogens with one attached hydrogen (secondary N) is 1. The number of hydrogen-bond acceptors (Lipinski definition) is 9. The minimum absolute atomic E-state index is 0.0122. The molecule has 0 radical (unpaired) electrons. The second-order valence-electron chi connectivity index (χ2n) is 10.8. The topological polar surface area (TPSA) is 115 Å². The van der Waals surface area contributed by atoms with Crippen molar-refractivity contribution in [2.45, 2.75) is 58.6 Å². The molecule has 43 heavy (non-hydrogen) atoms. The second kappa shape index (κ2) is 14.2. The normalized spacial score (nSPS) is 12.4. The minimum Gasteiger partial charge on any atom is -0.598 e. The second-order valence-corrected chi connectivity index (χ2v) is 12.8. The quantitative estimate of drug-likeness (QED) is 0.143. The van der Waals surface area contributed by atoms with Gasteiger partial charge in [-0.15, -0.1) is 4.72 Å². The predicted molar refractivity (Wildman–Crippen MR) is 163 cm³/mol. The Morgan fingerprint density at radius 2 is 1.88 bits per heavy atom. The van der Waals surface area contributed by atoms with Crippen LogP contribution in [0, 0.1) is 5.82 Å². The summed E-state index contributed by atoms with van der Waals surface area (Å²) in [5.41, 5.74) is 2.80. The van der Waals surface area contributed by atoms with Crippen LogP contribution in [0.15, 0.2) is 53.1 Å². The Balaban J connectivity index is 1.70. The van der Waals surface area contributed by atoms with Gasteiger partial charge in [0, 0.05) is 52.8 Å². The molecule has 2 heterocycles. The van der Waals surface area contributed by atoms with Crippen LogP contribution in [0.25, 0.3) is 22.1 Å². The zero-order valence-electron chi connectivity index (χ0n) is 25.2. The third-order valence-electron chi connectivity index (χ3n) is 6.50. The summed E-state index contributed by atoms with van der Waals surface area (Å²) in [7, 11) is 3.12. The molecule has 0 saturated heterocycles. The number of ether oxygens (including phenoxy) is 4. The molecular weight excluding hydrogens is 575 g/mol. The number of aromatic nitrogens is 1. The first-order valence-corrected chi connectivity index (χ1v) is 15.0. The molecule has 1 N–H and O–H groups in total. The summed E-state index contributed by atoms with van der Waals surface area (Å²) in [6, 6.07) is 12.4. The van der Waals surface area contributed by atoms with E-state index in [1.165, 1.54) is 6.20 Å². The monoisotopic (exact) mass is 612 g/mol.